The molecule has 0 aliphatic carbocycles. The van der Waals surface area contributed by atoms with Gasteiger partial charge in [0.05, 0.1) is 0 Å². The van der Waals surface area contributed by atoms with Crippen LogP contribution in [0.5, 0.6) is 0 Å². The van der Waals surface area contributed by atoms with Crippen LogP contribution in [-0.2, 0) is 0 Å². The van der Waals surface area contributed by atoms with Crippen LogP contribution in [0.25, 0.3) is 21.8 Å². The first-order valence-electron chi connectivity index (χ1n) is 4.76. The number of nitrogens with one attached hydrogen (secondary N) is 1. The van der Waals surface area contributed by atoms with E-state index in [0.29, 0.717) is 0 Å². The molecule has 0 saturated carbocycles. The molecule has 3 rings (SSSR count). The average Bonchev–Trinajstić information content (AvgIpc) is 2.76. The summed E-state index contributed by atoms with van der Waals surface area (Å²) in [5.74, 6) is 0. The van der Waals surface area contributed by atoms with E-state index in [0.717, 1.165) is 26.4 Å². The molecule has 5 heteroatoms. The van der Waals surface area contributed by atoms with Crippen molar-refractivity contribution in [2.75, 3.05) is 0 Å². The summed E-state index contributed by atoms with van der Waals surface area (Å²) in [5.41, 5.74) is 1.68. The van der Waals surface area contributed by atoms with Gasteiger partial charge >= 0.3 is 6.09 Å². The predicted molar refractivity (Wildman–Crippen MR) is 57.2 cm³/mol. The van der Waals surface area contributed by atoms with Crippen LogP contribution in [0.1, 0.15) is 0 Å². The normalized spacial score (nSPS) is 11.0. The summed E-state index contributed by atoms with van der Waals surface area (Å²) >= 11 is 0. The number of pyridine rings is 1. The van der Waals surface area contributed by atoms with Crippen molar-refractivity contribution in [1.82, 2.24) is 9.55 Å². The second-order valence-corrected chi connectivity index (χ2v) is 3.50. The van der Waals surface area contributed by atoms with E-state index in [1.165, 1.54) is 6.20 Å². The summed E-state index contributed by atoms with van der Waals surface area (Å²) in [6.45, 7) is 0. The third kappa shape index (κ3) is 1.15. The van der Waals surface area contributed by atoms with Gasteiger partial charge in [0.1, 0.15) is 0 Å². The molecule has 2 heterocycles. The van der Waals surface area contributed by atoms with Crippen LogP contribution in [0.4, 0.5) is 4.79 Å². The standard InChI is InChI=1S/C11H7N3O2/c15-11(16)14-4-3-7-1-2-9-10(8(7)5-14)13-6-12-9/h1-6H,(H,15,16)/p+1. The van der Waals surface area contributed by atoms with E-state index < -0.39 is 6.09 Å². The minimum absolute atomic E-state index is 0.829. The molecule has 0 atom stereocenters. The van der Waals surface area contributed by atoms with Gasteiger partial charge in [-0.05, 0) is 28.6 Å². The zero-order chi connectivity index (χ0) is 11.1. The van der Waals surface area contributed by atoms with Gasteiger partial charge in [0.25, 0.3) is 6.33 Å². The number of rotatable bonds is 0. The van der Waals surface area contributed by atoms with Crippen LogP contribution < -0.4 is 4.98 Å². The van der Waals surface area contributed by atoms with Gasteiger partial charge < -0.3 is 5.11 Å². The van der Waals surface area contributed by atoms with Crippen LogP contribution in [0.2, 0.25) is 0 Å². The maximum Gasteiger partial charge on any atom is 0.415 e. The van der Waals surface area contributed by atoms with Crippen molar-refractivity contribution in [3.63, 3.8) is 0 Å². The molecule has 0 bridgehead atoms. The van der Waals surface area contributed by atoms with Crippen molar-refractivity contribution >= 4 is 27.9 Å². The topological polar surface area (TPSA) is 69.3 Å². The fraction of sp³-hybridized carbons (Fsp3) is 0. The van der Waals surface area contributed by atoms with E-state index in [4.69, 9.17) is 5.11 Å². The molecule has 2 N–H and O–H groups in total. The summed E-state index contributed by atoms with van der Waals surface area (Å²) in [6, 6.07) is 5.59. The van der Waals surface area contributed by atoms with Crippen molar-refractivity contribution < 1.29 is 14.9 Å². The second kappa shape index (κ2) is 3.03. The van der Waals surface area contributed by atoms with Gasteiger partial charge in [-0.15, -0.1) is 0 Å². The monoisotopic (exact) mass is 214 g/mol. The van der Waals surface area contributed by atoms with Crippen molar-refractivity contribution in [3.8, 4) is 0 Å². The lowest BCUT2D eigenvalue weighted by molar-refractivity contribution is -0.343. The number of hydrogen-bond acceptors (Lipinski definition) is 2. The van der Waals surface area contributed by atoms with E-state index in [9.17, 15) is 4.79 Å². The molecule has 0 amide bonds. The highest BCUT2D eigenvalue weighted by Gasteiger charge is 2.10. The number of fused-ring (bicyclic) bond motifs is 3. The summed E-state index contributed by atoms with van der Waals surface area (Å²) in [5, 5.41) is 10.7. The first-order chi connectivity index (χ1) is 7.75. The van der Waals surface area contributed by atoms with Gasteiger partial charge in [-0.1, -0.05) is 0 Å². The van der Waals surface area contributed by atoms with Crippen LogP contribution in [0.3, 0.4) is 0 Å². The highest BCUT2D eigenvalue weighted by Crippen LogP contribution is 2.20. The smallest absolute Gasteiger partial charge is 0.415 e. The Morgan fingerprint density at radius 2 is 2.25 bits per heavy atom. The lowest BCUT2D eigenvalue weighted by Gasteiger charge is -2.01. The second-order valence-electron chi connectivity index (χ2n) is 3.50. The fourth-order valence-corrected chi connectivity index (χ4v) is 1.80. The van der Waals surface area contributed by atoms with E-state index in [2.05, 4.69) is 9.97 Å². The SMILES string of the molecule is O=C(O)n1ccc2ccc3nc[nH+]c3c2c1. The van der Waals surface area contributed by atoms with Gasteiger partial charge in [-0.2, -0.15) is 0 Å². The average molecular weight is 214 g/mol. The first kappa shape index (κ1) is 8.84. The third-order valence-electron chi connectivity index (χ3n) is 2.57. The van der Waals surface area contributed by atoms with E-state index in [-0.39, 0.29) is 0 Å². The summed E-state index contributed by atoms with van der Waals surface area (Å²) in [6.07, 6.45) is 3.70. The van der Waals surface area contributed by atoms with Crippen LogP contribution in [0, 0.1) is 0 Å². The highest BCUT2D eigenvalue weighted by molar-refractivity contribution is 6.02. The molecule has 78 valence electrons. The molecule has 0 fully saturated rings. The zero-order valence-electron chi connectivity index (χ0n) is 8.21. The number of benzene rings is 1. The number of H-pyrrole nitrogens is 1. The molecule has 16 heavy (non-hydrogen) atoms. The molecule has 5 nitrogen and oxygen atoms in total. The maximum absolute atomic E-state index is 10.9. The van der Waals surface area contributed by atoms with Crippen LogP contribution in [0.15, 0.2) is 36.9 Å². The van der Waals surface area contributed by atoms with E-state index in [1.807, 2.05) is 12.1 Å². The minimum Gasteiger partial charge on any atom is -0.464 e. The number of aromatic amines is 1. The summed E-state index contributed by atoms with van der Waals surface area (Å²) in [4.78, 5) is 18.0. The fourth-order valence-electron chi connectivity index (χ4n) is 1.80. The number of aromatic nitrogens is 3. The molecule has 0 spiro atoms. The van der Waals surface area contributed by atoms with Crippen molar-refractivity contribution in [2.24, 2.45) is 0 Å². The quantitative estimate of drug-likeness (QED) is 0.617. The molecule has 0 unspecified atom stereocenters. The summed E-state index contributed by atoms with van der Waals surface area (Å²) in [7, 11) is 0. The number of carbonyl (C=O) groups is 1. The molecular weight excluding hydrogens is 206 g/mol. The zero-order valence-corrected chi connectivity index (χ0v) is 8.21. The largest absolute Gasteiger partial charge is 0.464 e. The van der Waals surface area contributed by atoms with E-state index in [1.54, 1.807) is 18.6 Å². The summed E-state index contributed by atoms with van der Waals surface area (Å²) < 4.78 is 1.13. The highest BCUT2D eigenvalue weighted by atomic mass is 16.4. The number of imidazole rings is 1. The van der Waals surface area contributed by atoms with Gasteiger partial charge in [0.15, 0.2) is 5.52 Å². The Bertz CT molecular complexity index is 703. The molecule has 0 aliphatic rings. The molecule has 0 aliphatic heterocycles. The molecule has 2 aromatic heterocycles. The number of hydrogen-bond donors (Lipinski definition) is 1. The first-order valence-corrected chi connectivity index (χ1v) is 4.76. The Labute approximate surface area is 90.0 Å². The minimum atomic E-state index is -1.00. The Morgan fingerprint density at radius 1 is 1.38 bits per heavy atom. The molecule has 3 aromatic rings. The molecule has 0 radical (unpaired) electrons. The van der Waals surface area contributed by atoms with Crippen molar-refractivity contribution in [3.05, 3.63) is 36.9 Å². The van der Waals surface area contributed by atoms with Crippen LogP contribution in [-0.4, -0.2) is 20.8 Å². The molecule has 1 aromatic carbocycles. The number of carboxylic acid groups (broad SMARTS) is 1. The Hall–Kier alpha value is -2.43. The van der Waals surface area contributed by atoms with E-state index >= 15 is 0 Å². The van der Waals surface area contributed by atoms with Gasteiger partial charge in [-0.3, -0.25) is 4.57 Å². The van der Waals surface area contributed by atoms with Crippen molar-refractivity contribution in [1.29, 1.82) is 0 Å². The Kier molecular flexibility index (Phi) is 1.67. The molecule has 0 saturated heterocycles. The Balaban J connectivity index is 2.46. The third-order valence-corrected chi connectivity index (χ3v) is 2.57. The predicted octanol–water partition coefficient (Wildman–Crippen LogP) is 1.53. The molecular formula is C11H8N3O2+. The lowest BCUT2D eigenvalue weighted by atomic mass is 10.1. The van der Waals surface area contributed by atoms with Gasteiger partial charge in [0.2, 0.25) is 5.52 Å². The maximum atomic E-state index is 10.9. The van der Waals surface area contributed by atoms with Crippen LogP contribution >= 0.6 is 0 Å². The lowest BCUT2D eigenvalue weighted by Crippen LogP contribution is -2.07. The van der Waals surface area contributed by atoms with Crippen molar-refractivity contribution in [2.45, 2.75) is 0 Å². The van der Waals surface area contributed by atoms with Gasteiger partial charge in [0, 0.05) is 17.8 Å². The van der Waals surface area contributed by atoms with Gasteiger partial charge in [-0.25, -0.2) is 9.78 Å². The Morgan fingerprint density at radius 3 is 3.06 bits per heavy atom. The number of nitrogens with zero attached hydrogens (tertiary/aromatic N) is 2.